The topological polar surface area (TPSA) is 85.1 Å². The van der Waals surface area contributed by atoms with Crippen molar-refractivity contribution in [2.24, 2.45) is 0 Å². The summed E-state index contributed by atoms with van der Waals surface area (Å²) in [5.74, 6) is -0.992. The number of aromatic nitrogens is 3. The monoisotopic (exact) mass is 349 g/mol. The molecule has 6 nitrogen and oxygen atoms in total. The van der Waals surface area contributed by atoms with Crippen molar-refractivity contribution in [3.8, 4) is 0 Å². The van der Waals surface area contributed by atoms with E-state index < -0.39 is 5.97 Å². The number of aromatic carboxylic acids is 1. The third kappa shape index (κ3) is 2.68. The van der Waals surface area contributed by atoms with Gasteiger partial charge in [-0.2, -0.15) is 0 Å². The Labute approximate surface area is 140 Å². The van der Waals surface area contributed by atoms with Gasteiger partial charge in [-0.3, -0.25) is 9.36 Å². The molecule has 0 spiro atoms. The Kier molecular flexibility index (Phi) is 4.03. The Balaban J connectivity index is 2.07. The molecular weight excluding hydrogens is 334 g/mol. The highest BCUT2D eigenvalue weighted by atomic mass is 32.1. The summed E-state index contributed by atoms with van der Waals surface area (Å²) in [7, 11) is 0. The van der Waals surface area contributed by atoms with Crippen LogP contribution in [0.4, 0.5) is 0 Å². The first-order valence-electron chi connectivity index (χ1n) is 7.09. The summed E-state index contributed by atoms with van der Waals surface area (Å²) < 4.78 is 1.50. The molecule has 0 bridgehead atoms. The van der Waals surface area contributed by atoms with Gasteiger partial charge in [0.1, 0.15) is 14.7 Å². The van der Waals surface area contributed by atoms with Gasteiger partial charge in [-0.05, 0) is 25.8 Å². The second-order valence-electron chi connectivity index (χ2n) is 5.18. The zero-order chi connectivity index (χ0) is 16.7. The number of rotatable bonds is 4. The molecule has 3 aromatic heterocycles. The van der Waals surface area contributed by atoms with Crippen LogP contribution in [-0.4, -0.2) is 25.6 Å². The van der Waals surface area contributed by atoms with Crippen LogP contribution in [0, 0.1) is 13.8 Å². The molecule has 1 N–H and O–H groups in total. The van der Waals surface area contributed by atoms with Crippen LogP contribution in [0.15, 0.2) is 11.1 Å². The summed E-state index contributed by atoms with van der Waals surface area (Å²) in [5, 5.41) is 10.4. The van der Waals surface area contributed by atoms with Gasteiger partial charge in [-0.15, -0.1) is 22.7 Å². The fourth-order valence-corrected chi connectivity index (χ4v) is 4.57. The van der Waals surface area contributed by atoms with Gasteiger partial charge in [0.15, 0.2) is 0 Å². The normalized spacial score (nSPS) is 11.3. The van der Waals surface area contributed by atoms with Gasteiger partial charge in [0.2, 0.25) is 0 Å². The number of carboxylic acid groups (broad SMARTS) is 1. The average molecular weight is 349 g/mol. The lowest BCUT2D eigenvalue weighted by Gasteiger charge is -2.03. The quantitative estimate of drug-likeness (QED) is 0.783. The van der Waals surface area contributed by atoms with Crippen molar-refractivity contribution < 1.29 is 9.90 Å². The number of carboxylic acids is 1. The van der Waals surface area contributed by atoms with Crippen LogP contribution in [0.25, 0.3) is 10.2 Å². The van der Waals surface area contributed by atoms with E-state index in [1.165, 1.54) is 22.2 Å². The molecule has 0 unspecified atom stereocenters. The highest BCUT2D eigenvalue weighted by Crippen LogP contribution is 2.27. The number of fused-ring (bicyclic) bond motifs is 1. The molecule has 0 atom stereocenters. The predicted molar refractivity (Wildman–Crippen MR) is 90.9 cm³/mol. The second kappa shape index (κ2) is 5.86. The summed E-state index contributed by atoms with van der Waals surface area (Å²) in [6.07, 6.45) is 2.30. The summed E-state index contributed by atoms with van der Waals surface area (Å²) in [6.45, 7) is 5.91. The lowest BCUT2D eigenvalue weighted by Crippen LogP contribution is -2.21. The number of hydrogen-bond donors (Lipinski definition) is 1. The van der Waals surface area contributed by atoms with E-state index in [0.717, 1.165) is 33.0 Å². The van der Waals surface area contributed by atoms with E-state index in [-0.39, 0.29) is 17.0 Å². The van der Waals surface area contributed by atoms with Crippen LogP contribution in [-0.2, 0) is 13.0 Å². The maximum atomic E-state index is 12.7. The van der Waals surface area contributed by atoms with Crippen molar-refractivity contribution >= 4 is 38.9 Å². The molecule has 0 saturated carbocycles. The second-order valence-corrected chi connectivity index (χ2v) is 7.46. The minimum absolute atomic E-state index is 0.0964. The number of aryl methyl sites for hydroxylation is 3. The number of thiazole rings is 1. The summed E-state index contributed by atoms with van der Waals surface area (Å²) in [6, 6.07) is 0. The number of carbonyl (C=O) groups is 1. The van der Waals surface area contributed by atoms with Gasteiger partial charge >= 0.3 is 5.97 Å². The molecule has 0 aromatic carbocycles. The van der Waals surface area contributed by atoms with E-state index >= 15 is 0 Å². The molecule has 0 amide bonds. The maximum Gasteiger partial charge on any atom is 0.347 e. The Bertz CT molecular complexity index is 968. The number of hydrogen-bond acceptors (Lipinski definition) is 6. The molecule has 8 heteroatoms. The molecule has 0 aliphatic heterocycles. The van der Waals surface area contributed by atoms with Crippen LogP contribution >= 0.6 is 22.7 Å². The largest absolute Gasteiger partial charge is 0.477 e. The minimum Gasteiger partial charge on any atom is -0.477 e. The zero-order valence-electron chi connectivity index (χ0n) is 12.9. The summed E-state index contributed by atoms with van der Waals surface area (Å²) in [5.41, 5.74) is 1.42. The van der Waals surface area contributed by atoms with Crippen LogP contribution < -0.4 is 5.56 Å². The number of thiophene rings is 1. The zero-order valence-corrected chi connectivity index (χ0v) is 14.5. The van der Waals surface area contributed by atoms with Crippen LogP contribution in [0.5, 0.6) is 0 Å². The molecule has 0 saturated heterocycles. The SMILES string of the molecule is CCc1c(C)sc2ncn(Cc3nc(C)c(C(=O)O)s3)c(=O)c12. The van der Waals surface area contributed by atoms with E-state index in [0.29, 0.717) is 16.1 Å². The van der Waals surface area contributed by atoms with E-state index in [1.807, 2.05) is 13.8 Å². The van der Waals surface area contributed by atoms with Gasteiger partial charge < -0.3 is 5.11 Å². The average Bonchev–Trinajstić information content (AvgIpc) is 3.02. The van der Waals surface area contributed by atoms with E-state index in [1.54, 1.807) is 6.92 Å². The third-order valence-corrected chi connectivity index (χ3v) is 5.86. The molecule has 120 valence electrons. The molecule has 0 radical (unpaired) electrons. The molecule has 3 heterocycles. The van der Waals surface area contributed by atoms with Crippen molar-refractivity contribution in [1.29, 1.82) is 0 Å². The van der Waals surface area contributed by atoms with Crippen molar-refractivity contribution in [2.75, 3.05) is 0 Å². The lowest BCUT2D eigenvalue weighted by atomic mass is 10.1. The molecule has 3 aromatic rings. The molecule has 23 heavy (non-hydrogen) atoms. The van der Waals surface area contributed by atoms with E-state index in [2.05, 4.69) is 9.97 Å². The highest BCUT2D eigenvalue weighted by Gasteiger charge is 2.17. The standard InChI is InChI=1S/C15H15N3O3S2/c1-4-9-8(3)22-13-11(9)14(19)18(6-16-13)5-10-17-7(2)12(23-10)15(20)21/h6H,4-5H2,1-3H3,(H,20,21). The first kappa shape index (κ1) is 15.8. The third-order valence-electron chi connectivity index (χ3n) is 3.67. The summed E-state index contributed by atoms with van der Waals surface area (Å²) >= 11 is 2.62. The molecular formula is C15H15N3O3S2. The van der Waals surface area contributed by atoms with E-state index in [9.17, 15) is 9.59 Å². The van der Waals surface area contributed by atoms with E-state index in [4.69, 9.17) is 5.11 Å². The van der Waals surface area contributed by atoms with Gasteiger partial charge in [-0.25, -0.2) is 14.8 Å². The Hall–Kier alpha value is -2.06. The fourth-order valence-electron chi connectivity index (χ4n) is 2.59. The lowest BCUT2D eigenvalue weighted by molar-refractivity contribution is 0.0701. The van der Waals surface area contributed by atoms with Gasteiger partial charge in [0, 0.05) is 4.88 Å². The molecule has 0 aliphatic carbocycles. The molecule has 0 aliphatic rings. The fraction of sp³-hybridized carbons (Fsp3) is 0.333. The Morgan fingerprint density at radius 1 is 1.35 bits per heavy atom. The first-order chi connectivity index (χ1) is 10.9. The Morgan fingerprint density at radius 3 is 2.70 bits per heavy atom. The Morgan fingerprint density at radius 2 is 2.09 bits per heavy atom. The number of nitrogens with zero attached hydrogens (tertiary/aromatic N) is 3. The van der Waals surface area contributed by atoms with Crippen LogP contribution in [0.3, 0.4) is 0 Å². The first-order valence-corrected chi connectivity index (χ1v) is 8.72. The summed E-state index contributed by atoms with van der Waals surface area (Å²) in [4.78, 5) is 34.5. The maximum absolute atomic E-state index is 12.7. The van der Waals surface area contributed by atoms with Crippen molar-refractivity contribution in [3.05, 3.63) is 42.7 Å². The highest BCUT2D eigenvalue weighted by molar-refractivity contribution is 7.18. The molecule has 3 rings (SSSR count). The van der Waals surface area contributed by atoms with Crippen LogP contribution in [0.2, 0.25) is 0 Å². The van der Waals surface area contributed by atoms with Gasteiger partial charge in [0.25, 0.3) is 5.56 Å². The van der Waals surface area contributed by atoms with Crippen LogP contribution in [0.1, 0.15) is 37.7 Å². The van der Waals surface area contributed by atoms with Crippen molar-refractivity contribution in [2.45, 2.75) is 33.7 Å². The van der Waals surface area contributed by atoms with Gasteiger partial charge in [0.05, 0.1) is 24.0 Å². The molecule has 0 fully saturated rings. The van der Waals surface area contributed by atoms with Crippen molar-refractivity contribution in [3.63, 3.8) is 0 Å². The van der Waals surface area contributed by atoms with Crippen molar-refractivity contribution in [1.82, 2.24) is 14.5 Å². The predicted octanol–water partition coefficient (Wildman–Crippen LogP) is 2.84. The smallest absolute Gasteiger partial charge is 0.347 e. The van der Waals surface area contributed by atoms with Gasteiger partial charge in [-0.1, -0.05) is 6.92 Å². The minimum atomic E-state index is -0.992.